The zero-order valence-electron chi connectivity index (χ0n) is 21.9. The second kappa shape index (κ2) is 16.5. The van der Waals surface area contributed by atoms with Gasteiger partial charge in [-0.3, -0.25) is 0 Å². The van der Waals surface area contributed by atoms with Crippen LogP contribution in [0.4, 0.5) is 0 Å². The third-order valence-corrected chi connectivity index (χ3v) is 3.27. The number of rotatable bonds is 2. The van der Waals surface area contributed by atoms with Gasteiger partial charge in [0, 0.05) is 4.75 Å². The van der Waals surface area contributed by atoms with E-state index in [0.717, 1.165) is 0 Å². The molecule has 0 aliphatic carbocycles. The Labute approximate surface area is 179 Å². The van der Waals surface area contributed by atoms with Gasteiger partial charge in [-0.25, -0.2) is 0 Å². The molecule has 0 aromatic rings. The van der Waals surface area contributed by atoms with Gasteiger partial charge in [0.25, 0.3) is 0 Å². The molecule has 0 fully saturated rings. The largest absolute Gasteiger partial charge is 0.128 e. The van der Waals surface area contributed by atoms with Crippen molar-refractivity contribution in [3.8, 4) is 0 Å². The number of hydrogen-bond acceptors (Lipinski definition) is 1. The Hall–Kier alpha value is -0.430. The molecule has 0 bridgehead atoms. The van der Waals surface area contributed by atoms with Gasteiger partial charge >= 0.3 is 0 Å². The van der Waals surface area contributed by atoms with Crippen molar-refractivity contribution in [2.75, 3.05) is 0 Å². The molecule has 1 heteroatoms. The molecule has 164 valence electrons. The van der Waals surface area contributed by atoms with Gasteiger partial charge in [0.15, 0.2) is 0 Å². The summed E-state index contributed by atoms with van der Waals surface area (Å²) >= 11 is 1.88. The van der Waals surface area contributed by atoms with Crippen LogP contribution in [-0.4, -0.2) is 4.75 Å². The van der Waals surface area contributed by atoms with Gasteiger partial charge in [0.05, 0.1) is 0 Å². The zero-order chi connectivity index (χ0) is 22.9. The van der Waals surface area contributed by atoms with Gasteiger partial charge in [0.1, 0.15) is 0 Å². The molecule has 0 heterocycles. The first kappa shape index (κ1) is 34.1. The average Bonchev–Trinajstić information content (AvgIpc) is 2.44. The quantitative estimate of drug-likeness (QED) is 0.417. The Kier molecular flexibility index (Phi) is 20.9. The summed E-state index contributed by atoms with van der Waals surface area (Å²) in [6, 6.07) is 0. The van der Waals surface area contributed by atoms with Crippen LogP contribution in [0.5, 0.6) is 0 Å². The minimum Gasteiger partial charge on any atom is -0.128 e. The molecule has 0 saturated heterocycles. The molecule has 0 saturated carbocycles. The van der Waals surface area contributed by atoms with Gasteiger partial charge in [-0.1, -0.05) is 141 Å². The van der Waals surface area contributed by atoms with E-state index in [9.17, 15) is 0 Å². The predicted octanol–water partition coefficient (Wildman–Crippen LogP) is 10.3. The summed E-state index contributed by atoms with van der Waals surface area (Å²) in [6.07, 6.45) is 10.9. The summed E-state index contributed by atoms with van der Waals surface area (Å²) in [5.41, 5.74) is 0.905. The summed E-state index contributed by atoms with van der Waals surface area (Å²) in [5, 5.41) is 2.21. The van der Waals surface area contributed by atoms with E-state index < -0.39 is 0 Å². The monoisotopic (exact) mass is 398 g/mol. The summed E-state index contributed by atoms with van der Waals surface area (Å²) in [6.45, 7) is 34.5. The first-order valence-electron chi connectivity index (χ1n) is 10.6. The molecule has 0 atom stereocenters. The highest BCUT2D eigenvalue weighted by Crippen LogP contribution is 2.26. The molecule has 0 amide bonds. The third kappa shape index (κ3) is 51.7. The molecule has 0 N–H and O–H groups in total. The van der Waals surface area contributed by atoms with E-state index in [2.05, 4.69) is 119 Å². The minimum atomic E-state index is 0.294. The van der Waals surface area contributed by atoms with Gasteiger partial charge in [-0.15, -0.1) is 11.8 Å². The lowest BCUT2D eigenvalue weighted by Gasteiger charge is -2.16. The van der Waals surface area contributed by atoms with Crippen LogP contribution in [0.25, 0.3) is 0 Å². The molecule has 0 aliphatic heterocycles. The maximum absolute atomic E-state index is 2.25. The molecule has 0 rings (SSSR count). The van der Waals surface area contributed by atoms with Crippen LogP contribution in [0.3, 0.4) is 0 Å². The van der Waals surface area contributed by atoms with Crippen LogP contribution < -0.4 is 0 Å². The normalized spacial score (nSPS) is 12.9. The van der Waals surface area contributed by atoms with Crippen LogP contribution in [0.1, 0.15) is 111 Å². The Bertz CT molecular complexity index is 360. The fraction of sp³-hybridized carbons (Fsp3) is 0.769. The number of hydrogen-bond donors (Lipinski definition) is 0. The van der Waals surface area contributed by atoms with Crippen molar-refractivity contribution in [2.24, 2.45) is 16.2 Å². The predicted molar refractivity (Wildman–Crippen MR) is 136 cm³/mol. The van der Waals surface area contributed by atoms with E-state index in [-0.39, 0.29) is 0 Å². The molecule has 0 aromatic heterocycles. The Morgan fingerprint density at radius 1 is 0.444 bits per heavy atom. The van der Waals surface area contributed by atoms with Crippen LogP contribution in [0.15, 0.2) is 35.8 Å². The van der Waals surface area contributed by atoms with E-state index >= 15 is 0 Å². The molecule has 0 nitrogen and oxygen atoms in total. The smallest absolute Gasteiger partial charge is 0.0116 e. The molecule has 0 aliphatic rings. The number of allylic oxidation sites excluding steroid dienone is 5. The summed E-state index contributed by atoms with van der Waals surface area (Å²) in [7, 11) is 0. The lowest BCUT2D eigenvalue weighted by atomic mass is 9.94. The number of thioether (sulfide) groups is 1. The fourth-order valence-electron chi connectivity index (χ4n) is 1.13. The lowest BCUT2D eigenvalue weighted by Crippen LogP contribution is -2.05. The molecule has 27 heavy (non-hydrogen) atoms. The SMILES string of the molecule is CC.CC.CC(C)(C)/C=C\SC(C)(C)C.CC(C)(C)C=CC=CC(C)(C)C. The van der Waals surface area contributed by atoms with Crippen molar-refractivity contribution in [1.82, 2.24) is 0 Å². The maximum atomic E-state index is 2.25. The van der Waals surface area contributed by atoms with E-state index in [1.807, 2.05) is 39.5 Å². The van der Waals surface area contributed by atoms with Crippen molar-refractivity contribution in [3.63, 3.8) is 0 Å². The van der Waals surface area contributed by atoms with Crippen LogP contribution in [-0.2, 0) is 0 Å². The van der Waals surface area contributed by atoms with E-state index in [4.69, 9.17) is 0 Å². The first-order chi connectivity index (χ1) is 11.9. The summed E-state index contributed by atoms with van der Waals surface area (Å²) in [5.74, 6) is 0. The molecular weight excluding hydrogens is 344 g/mol. The minimum absolute atomic E-state index is 0.294. The van der Waals surface area contributed by atoms with Gasteiger partial charge in [-0.05, 0) is 21.7 Å². The van der Waals surface area contributed by atoms with Gasteiger partial charge in [-0.2, -0.15) is 0 Å². The summed E-state index contributed by atoms with van der Waals surface area (Å²) in [4.78, 5) is 0. The van der Waals surface area contributed by atoms with Gasteiger partial charge < -0.3 is 0 Å². The van der Waals surface area contributed by atoms with E-state index in [1.54, 1.807) is 0 Å². The summed E-state index contributed by atoms with van der Waals surface area (Å²) < 4.78 is 0.349. The van der Waals surface area contributed by atoms with Crippen molar-refractivity contribution in [1.29, 1.82) is 0 Å². The van der Waals surface area contributed by atoms with Crippen molar-refractivity contribution in [2.45, 2.75) is 116 Å². The van der Waals surface area contributed by atoms with Crippen molar-refractivity contribution in [3.05, 3.63) is 35.8 Å². The highest BCUT2D eigenvalue weighted by atomic mass is 32.2. The average molecular weight is 399 g/mol. The standard InChI is InChI=1S/C12H22.C10H20S.2C2H6/c1-11(2,3)9-7-8-10-12(4,5)6;1-9(2,3)7-8-11-10(4,5)6;2*1-2/h7-10H,1-6H3;7-8H,1-6H3;2*1-2H3/b;8-7-;;. The zero-order valence-corrected chi connectivity index (χ0v) is 22.7. The molecule has 0 unspecified atom stereocenters. The third-order valence-electron chi connectivity index (χ3n) is 2.29. The Morgan fingerprint density at radius 3 is 0.889 bits per heavy atom. The van der Waals surface area contributed by atoms with E-state index in [0.29, 0.717) is 21.0 Å². The topological polar surface area (TPSA) is 0 Å². The molecule has 0 radical (unpaired) electrons. The van der Waals surface area contributed by atoms with E-state index in [1.165, 1.54) is 0 Å². The van der Waals surface area contributed by atoms with Crippen LogP contribution in [0.2, 0.25) is 0 Å². The maximum Gasteiger partial charge on any atom is 0.0116 e. The van der Waals surface area contributed by atoms with Crippen molar-refractivity contribution >= 4 is 11.8 Å². The molecular formula is C26H54S. The Balaban J connectivity index is -0.000000165. The highest BCUT2D eigenvalue weighted by Gasteiger charge is 2.09. The van der Waals surface area contributed by atoms with Crippen molar-refractivity contribution < 1.29 is 0 Å². The Morgan fingerprint density at radius 2 is 0.704 bits per heavy atom. The van der Waals surface area contributed by atoms with Crippen LogP contribution >= 0.6 is 11.8 Å². The molecule has 0 aromatic carbocycles. The highest BCUT2D eigenvalue weighted by molar-refractivity contribution is 8.03. The molecule has 0 spiro atoms. The first-order valence-corrected chi connectivity index (χ1v) is 11.5. The lowest BCUT2D eigenvalue weighted by molar-refractivity contribution is 0.539. The second-order valence-corrected chi connectivity index (χ2v) is 12.1. The van der Waals surface area contributed by atoms with Gasteiger partial charge in [0.2, 0.25) is 0 Å². The van der Waals surface area contributed by atoms with Crippen LogP contribution in [0, 0.1) is 16.2 Å². The fourth-order valence-corrected chi connectivity index (χ4v) is 2.02. The second-order valence-electron chi connectivity index (χ2n) is 10.3.